The van der Waals surface area contributed by atoms with Crippen LogP contribution in [-0.2, 0) is 32.0 Å². The minimum Gasteiger partial charge on any atom is -0.376 e. The molecule has 0 radical (unpaired) electrons. The Morgan fingerprint density at radius 2 is 1.72 bits per heavy atom. The number of hydrogen-bond acceptors (Lipinski definition) is 8. The van der Waals surface area contributed by atoms with E-state index in [1.165, 1.54) is 36.7 Å². The van der Waals surface area contributed by atoms with E-state index >= 15 is 0 Å². The van der Waals surface area contributed by atoms with Crippen molar-refractivity contribution in [1.29, 1.82) is 0 Å². The highest BCUT2D eigenvalue weighted by molar-refractivity contribution is 7.91. The van der Waals surface area contributed by atoms with Crippen LogP contribution in [-0.4, -0.2) is 68.6 Å². The van der Waals surface area contributed by atoms with Gasteiger partial charge in [-0.15, -0.1) is 0 Å². The van der Waals surface area contributed by atoms with E-state index in [1.807, 2.05) is 4.90 Å². The molecule has 0 bridgehead atoms. The molecular formula is C30H33F3N4O5S. The van der Waals surface area contributed by atoms with Gasteiger partial charge in [0.2, 0.25) is 5.95 Å². The van der Waals surface area contributed by atoms with Crippen LogP contribution in [0.1, 0.15) is 52.7 Å². The Bertz CT molecular complexity index is 1500. The molecule has 1 unspecified atom stereocenters. The van der Waals surface area contributed by atoms with Crippen LogP contribution in [0.25, 0.3) is 0 Å². The first-order chi connectivity index (χ1) is 20.5. The zero-order chi connectivity index (χ0) is 30.6. The normalized spacial score (nSPS) is 19.6. The maximum absolute atomic E-state index is 13.1. The van der Waals surface area contributed by atoms with E-state index in [0.717, 1.165) is 36.1 Å². The number of benzene rings is 2. The highest BCUT2D eigenvalue weighted by Crippen LogP contribution is 2.35. The van der Waals surface area contributed by atoms with E-state index in [-0.39, 0.29) is 46.7 Å². The standard InChI is InChI=1S/C30H33F3N4O5S/c1-2-43(39,40)27-11-3-20(4-12-27)13-34-28(38)23-14-35-29(36-15-23)37-16-22(7-10-25(37)17-42-26-18-41-19-26)21-5-8-24(9-6-21)30(31,32)33/h3-6,8-9,11-12,14-15,22,25-26H,2,7,10,13,16-19H2,1H3,(H,34,38)/t22?,25-/m0/s1. The summed E-state index contributed by atoms with van der Waals surface area (Å²) < 4.78 is 74.4. The summed E-state index contributed by atoms with van der Waals surface area (Å²) in [4.78, 5) is 24.0. The number of nitrogens with zero attached hydrogens (tertiary/aromatic N) is 3. The molecule has 3 heterocycles. The lowest BCUT2D eigenvalue weighted by Crippen LogP contribution is -2.48. The third-order valence-electron chi connectivity index (χ3n) is 7.82. The maximum Gasteiger partial charge on any atom is 0.416 e. The van der Waals surface area contributed by atoms with Crippen molar-refractivity contribution in [3.63, 3.8) is 0 Å². The van der Waals surface area contributed by atoms with Gasteiger partial charge in [0.15, 0.2) is 9.84 Å². The van der Waals surface area contributed by atoms with Crippen molar-refractivity contribution < 1.29 is 35.9 Å². The molecule has 5 rings (SSSR count). The molecule has 2 fully saturated rings. The largest absolute Gasteiger partial charge is 0.416 e. The van der Waals surface area contributed by atoms with Gasteiger partial charge >= 0.3 is 6.18 Å². The van der Waals surface area contributed by atoms with Crippen molar-refractivity contribution in [3.05, 3.63) is 83.2 Å². The van der Waals surface area contributed by atoms with Crippen LogP contribution in [0.3, 0.4) is 0 Å². The third kappa shape index (κ3) is 7.51. The minimum atomic E-state index is -4.39. The summed E-state index contributed by atoms with van der Waals surface area (Å²) in [7, 11) is -3.30. The fourth-order valence-corrected chi connectivity index (χ4v) is 5.96. The van der Waals surface area contributed by atoms with Gasteiger partial charge < -0.3 is 19.7 Å². The summed E-state index contributed by atoms with van der Waals surface area (Å²) in [6, 6.07) is 11.6. The average Bonchev–Trinajstić information content (AvgIpc) is 2.99. The van der Waals surface area contributed by atoms with Crippen LogP contribution < -0.4 is 10.2 Å². The Balaban J connectivity index is 1.25. The number of nitrogens with one attached hydrogen (secondary N) is 1. The predicted octanol–water partition coefficient (Wildman–Crippen LogP) is 4.39. The van der Waals surface area contributed by atoms with Crippen LogP contribution in [0.15, 0.2) is 65.8 Å². The van der Waals surface area contributed by atoms with Crippen LogP contribution in [0.5, 0.6) is 0 Å². The Kier molecular flexibility index (Phi) is 9.33. The zero-order valence-corrected chi connectivity index (χ0v) is 24.4. The molecule has 1 amide bonds. The van der Waals surface area contributed by atoms with Gasteiger partial charge in [-0.05, 0) is 48.2 Å². The van der Waals surface area contributed by atoms with Gasteiger partial charge in [-0.2, -0.15) is 13.2 Å². The average molecular weight is 619 g/mol. The van der Waals surface area contributed by atoms with Gasteiger partial charge in [-0.1, -0.05) is 31.2 Å². The van der Waals surface area contributed by atoms with Crippen LogP contribution >= 0.6 is 0 Å². The number of ether oxygens (including phenoxy) is 2. The number of alkyl halides is 3. The molecule has 2 aromatic carbocycles. The first-order valence-electron chi connectivity index (χ1n) is 14.1. The zero-order valence-electron chi connectivity index (χ0n) is 23.6. The SMILES string of the molecule is CCS(=O)(=O)c1ccc(CNC(=O)c2cnc(N3CC(c4ccc(C(F)(F)F)cc4)CC[C@H]3COC3COC3)nc2)cc1. The van der Waals surface area contributed by atoms with E-state index in [9.17, 15) is 26.4 Å². The van der Waals surface area contributed by atoms with Crippen molar-refractivity contribution in [2.75, 3.05) is 37.0 Å². The van der Waals surface area contributed by atoms with E-state index in [1.54, 1.807) is 19.1 Å². The Hall–Kier alpha value is -3.55. The summed E-state index contributed by atoms with van der Waals surface area (Å²) >= 11 is 0. The quantitative estimate of drug-likeness (QED) is 0.357. The second-order valence-electron chi connectivity index (χ2n) is 10.7. The van der Waals surface area contributed by atoms with Crippen molar-refractivity contribution >= 4 is 21.7 Å². The third-order valence-corrected chi connectivity index (χ3v) is 9.57. The number of halogens is 3. The number of hydrogen-bond donors (Lipinski definition) is 1. The molecule has 1 aromatic heterocycles. The summed E-state index contributed by atoms with van der Waals surface area (Å²) in [6.07, 6.45) is 0.0113. The van der Waals surface area contributed by atoms with Crippen molar-refractivity contribution in [1.82, 2.24) is 15.3 Å². The molecule has 2 aliphatic heterocycles. The van der Waals surface area contributed by atoms with Crippen molar-refractivity contribution in [3.8, 4) is 0 Å². The summed E-state index contributed by atoms with van der Waals surface area (Å²) in [5, 5.41) is 2.79. The Morgan fingerprint density at radius 3 is 2.30 bits per heavy atom. The number of carbonyl (C=O) groups is 1. The molecule has 2 atom stereocenters. The second-order valence-corrected chi connectivity index (χ2v) is 13.0. The lowest BCUT2D eigenvalue weighted by molar-refractivity contribution is -0.137. The maximum atomic E-state index is 13.1. The molecule has 0 saturated carbocycles. The Morgan fingerprint density at radius 1 is 1.05 bits per heavy atom. The van der Waals surface area contributed by atoms with Crippen molar-refractivity contribution in [2.24, 2.45) is 0 Å². The molecule has 9 nitrogen and oxygen atoms in total. The van der Waals surface area contributed by atoms with Gasteiger partial charge in [0.25, 0.3) is 5.91 Å². The molecule has 43 heavy (non-hydrogen) atoms. The fourth-order valence-electron chi connectivity index (χ4n) is 5.07. The first kappa shape index (κ1) is 30.9. The monoisotopic (exact) mass is 618 g/mol. The molecule has 13 heteroatoms. The highest BCUT2D eigenvalue weighted by Gasteiger charge is 2.34. The van der Waals surface area contributed by atoms with Gasteiger partial charge in [-0.25, -0.2) is 18.4 Å². The van der Waals surface area contributed by atoms with E-state index < -0.39 is 21.6 Å². The number of carbonyl (C=O) groups excluding carboxylic acids is 1. The second kappa shape index (κ2) is 13.0. The number of aromatic nitrogens is 2. The molecular weight excluding hydrogens is 585 g/mol. The van der Waals surface area contributed by atoms with E-state index in [4.69, 9.17) is 9.47 Å². The lowest BCUT2D eigenvalue weighted by atomic mass is 9.87. The molecule has 0 spiro atoms. The highest BCUT2D eigenvalue weighted by atomic mass is 32.2. The van der Waals surface area contributed by atoms with E-state index in [2.05, 4.69) is 15.3 Å². The van der Waals surface area contributed by atoms with Crippen LogP contribution in [0.2, 0.25) is 0 Å². The molecule has 2 saturated heterocycles. The minimum absolute atomic E-state index is 0.00939. The first-order valence-corrected chi connectivity index (χ1v) is 15.7. The lowest BCUT2D eigenvalue weighted by Gasteiger charge is -2.41. The van der Waals surface area contributed by atoms with Crippen molar-refractivity contribution in [2.45, 2.75) is 55.4 Å². The molecule has 230 valence electrons. The number of rotatable bonds is 10. The van der Waals surface area contributed by atoms with Gasteiger partial charge in [0.1, 0.15) is 6.10 Å². The summed E-state index contributed by atoms with van der Waals surface area (Å²) in [5.74, 6) is -0.00622. The topological polar surface area (TPSA) is 111 Å². The molecule has 0 aliphatic carbocycles. The van der Waals surface area contributed by atoms with Gasteiger partial charge in [-0.3, -0.25) is 4.79 Å². The van der Waals surface area contributed by atoms with Crippen LogP contribution in [0, 0.1) is 0 Å². The predicted molar refractivity (Wildman–Crippen MR) is 152 cm³/mol. The van der Waals surface area contributed by atoms with Gasteiger partial charge in [0.05, 0.1) is 47.6 Å². The fraction of sp³-hybridized carbons (Fsp3) is 0.433. The molecule has 3 aromatic rings. The van der Waals surface area contributed by atoms with Crippen LogP contribution in [0.4, 0.5) is 19.1 Å². The summed E-state index contributed by atoms with van der Waals surface area (Å²) in [6.45, 7) is 3.77. The molecule has 1 N–H and O–H groups in total. The number of sulfone groups is 1. The van der Waals surface area contributed by atoms with Gasteiger partial charge in [0, 0.05) is 31.4 Å². The number of amides is 1. The molecule has 2 aliphatic rings. The summed E-state index contributed by atoms with van der Waals surface area (Å²) in [5.41, 5.74) is 1.12. The number of anilines is 1. The smallest absolute Gasteiger partial charge is 0.376 e. The van der Waals surface area contributed by atoms with E-state index in [0.29, 0.717) is 32.3 Å². The number of piperidine rings is 1. The Labute approximate surface area is 248 Å².